The molecule has 1 aromatic carbocycles. The molecule has 1 aromatic heterocycles. The Hall–Kier alpha value is -2.57. The highest BCUT2D eigenvalue weighted by molar-refractivity contribution is 5.76. The van der Waals surface area contributed by atoms with Crippen molar-refractivity contribution in [3.8, 4) is 0 Å². The highest BCUT2D eigenvalue weighted by Crippen LogP contribution is 2.15. The van der Waals surface area contributed by atoms with Gasteiger partial charge >= 0.3 is 12.0 Å². The fourth-order valence-corrected chi connectivity index (χ4v) is 2.41. The Labute approximate surface area is 134 Å². The molecule has 0 unspecified atom stereocenters. The molecule has 23 heavy (non-hydrogen) atoms. The minimum absolute atomic E-state index is 0.0514. The SMILES string of the molecule is Cc1nc2ccccc2n1CCCNC(=O)N(C)CCC(=O)O. The van der Waals surface area contributed by atoms with Gasteiger partial charge in [0.05, 0.1) is 17.5 Å². The fraction of sp³-hybridized carbons (Fsp3) is 0.438. The normalized spacial score (nSPS) is 10.7. The Morgan fingerprint density at radius 1 is 1.35 bits per heavy atom. The average molecular weight is 318 g/mol. The molecule has 7 nitrogen and oxygen atoms in total. The number of carbonyl (C=O) groups is 2. The predicted molar refractivity (Wildman–Crippen MR) is 87.4 cm³/mol. The van der Waals surface area contributed by atoms with Crippen molar-refractivity contribution in [2.24, 2.45) is 0 Å². The minimum Gasteiger partial charge on any atom is -0.481 e. The summed E-state index contributed by atoms with van der Waals surface area (Å²) in [5.41, 5.74) is 2.07. The van der Waals surface area contributed by atoms with Crippen LogP contribution in [0.15, 0.2) is 24.3 Å². The van der Waals surface area contributed by atoms with Crippen molar-refractivity contribution in [2.75, 3.05) is 20.1 Å². The van der Waals surface area contributed by atoms with E-state index in [1.807, 2.05) is 31.2 Å². The molecule has 7 heteroatoms. The van der Waals surface area contributed by atoms with Gasteiger partial charge in [-0.2, -0.15) is 0 Å². The molecule has 124 valence electrons. The summed E-state index contributed by atoms with van der Waals surface area (Å²) in [6, 6.07) is 7.72. The number of hydrogen-bond acceptors (Lipinski definition) is 3. The number of carbonyl (C=O) groups excluding carboxylic acids is 1. The Bertz CT molecular complexity index is 696. The average Bonchev–Trinajstić information content (AvgIpc) is 2.84. The molecule has 0 atom stereocenters. The summed E-state index contributed by atoms with van der Waals surface area (Å²) in [7, 11) is 1.59. The number of benzene rings is 1. The molecule has 0 radical (unpaired) electrons. The summed E-state index contributed by atoms with van der Waals surface area (Å²) in [6.45, 7) is 3.47. The molecule has 0 aliphatic rings. The van der Waals surface area contributed by atoms with Crippen molar-refractivity contribution in [3.05, 3.63) is 30.1 Å². The van der Waals surface area contributed by atoms with E-state index in [1.165, 1.54) is 4.90 Å². The van der Waals surface area contributed by atoms with Gasteiger partial charge in [0.1, 0.15) is 5.82 Å². The summed E-state index contributed by atoms with van der Waals surface area (Å²) in [5, 5.41) is 11.4. The highest BCUT2D eigenvalue weighted by atomic mass is 16.4. The standard InChI is InChI=1S/C16H22N4O3/c1-12-18-13-6-3-4-7-14(13)20(12)10-5-9-17-16(23)19(2)11-8-15(21)22/h3-4,6-7H,5,8-11H2,1-2H3,(H,17,23)(H,21,22). The topological polar surface area (TPSA) is 87.5 Å². The second-order valence-corrected chi connectivity index (χ2v) is 5.45. The predicted octanol–water partition coefficient (Wildman–Crippen LogP) is 1.85. The van der Waals surface area contributed by atoms with E-state index in [-0.39, 0.29) is 19.0 Å². The van der Waals surface area contributed by atoms with Crippen LogP contribution in [0.4, 0.5) is 4.79 Å². The van der Waals surface area contributed by atoms with E-state index in [4.69, 9.17) is 5.11 Å². The van der Waals surface area contributed by atoms with E-state index >= 15 is 0 Å². The molecule has 0 aliphatic carbocycles. The minimum atomic E-state index is -0.910. The third-order valence-corrected chi connectivity index (χ3v) is 3.69. The van der Waals surface area contributed by atoms with E-state index in [9.17, 15) is 9.59 Å². The third kappa shape index (κ3) is 4.45. The van der Waals surface area contributed by atoms with Crippen LogP contribution in [0.5, 0.6) is 0 Å². The van der Waals surface area contributed by atoms with Crippen LogP contribution in [0.1, 0.15) is 18.7 Å². The van der Waals surface area contributed by atoms with Crippen LogP contribution in [0.25, 0.3) is 11.0 Å². The molecule has 2 N–H and O–H groups in total. The van der Waals surface area contributed by atoms with Crippen LogP contribution in [-0.2, 0) is 11.3 Å². The van der Waals surface area contributed by atoms with Crippen LogP contribution >= 0.6 is 0 Å². The van der Waals surface area contributed by atoms with Gasteiger partial charge in [0, 0.05) is 26.7 Å². The van der Waals surface area contributed by atoms with Gasteiger partial charge in [-0.3, -0.25) is 4.79 Å². The zero-order chi connectivity index (χ0) is 16.8. The van der Waals surface area contributed by atoms with E-state index in [0.29, 0.717) is 6.54 Å². The quantitative estimate of drug-likeness (QED) is 0.763. The Morgan fingerprint density at radius 3 is 2.83 bits per heavy atom. The first-order valence-corrected chi connectivity index (χ1v) is 7.61. The maximum absolute atomic E-state index is 11.8. The number of nitrogens with zero attached hydrogens (tertiary/aromatic N) is 3. The molecule has 0 aliphatic heterocycles. The lowest BCUT2D eigenvalue weighted by atomic mass is 10.3. The van der Waals surface area contributed by atoms with Gasteiger partial charge in [0.25, 0.3) is 0 Å². The molecule has 2 rings (SSSR count). The number of urea groups is 1. The first-order chi connectivity index (χ1) is 11.0. The first kappa shape index (κ1) is 16.8. The number of amides is 2. The Kier molecular flexibility index (Phi) is 5.56. The number of hydrogen-bond donors (Lipinski definition) is 2. The number of nitrogens with one attached hydrogen (secondary N) is 1. The van der Waals surface area contributed by atoms with Crippen LogP contribution in [-0.4, -0.2) is 51.7 Å². The van der Waals surface area contributed by atoms with Crippen molar-refractivity contribution >= 4 is 23.0 Å². The number of aromatic nitrogens is 2. The number of aliphatic carboxylic acids is 1. The van der Waals surface area contributed by atoms with Crippen molar-refractivity contribution in [1.29, 1.82) is 0 Å². The molecular weight excluding hydrogens is 296 g/mol. The lowest BCUT2D eigenvalue weighted by molar-refractivity contribution is -0.137. The van der Waals surface area contributed by atoms with Crippen LogP contribution < -0.4 is 5.32 Å². The summed E-state index contributed by atoms with van der Waals surface area (Å²) in [5.74, 6) is 0.0446. The van der Waals surface area contributed by atoms with Gasteiger partial charge in [-0.1, -0.05) is 12.1 Å². The second kappa shape index (κ2) is 7.62. The fourth-order valence-electron chi connectivity index (χ4n) is 2.41. The number of fused-ring (bicyclic) bond motifs is 1. The molecule has 2 aromatic rings. The van der Waals surface area contributed by atoms with Gasteiger partial charge in [-0.15, -0.1) is 0 Å². The molecule has 0 saturated heterocycles. The highest BCUT2D eigenvalue weighted by Gasteiger charge is 2.10. The van der Waals surface area contributed by atoms with Gasteiger partial charge in [0.2, 0.25) is 0 Å². The number of para-hydroxylation sites is 2. The van der Waals surface area contributed by atoms with Gasteiger partial charge in [0.15, 0.2) is 0 Å². The van der Waals surface area contributed by atoms with Crippen LogP contribution in [0.2, 0.25) is 0 Å². The molecule has 0 saturated carbocycles. The summed E-state index contributed by atoms with van der Waals surface area (Å²) in [4.78, 5) is 28.2. The van der Waals surface area contributed by atoms with Crippen LogP contribution in [0, 0.1) is 6.92 Å². The summed E-state index contributed by atoms with van der Waals surface area (Å²) in [6.07, 6.45) is 0.726. The van der Waals surface area contributed by atoms with E-state index in [2.05, 4.69) is 14.9 Å². The lowest BCUT2D eigenvalue weighted by Crippen LogP contribution is -2.39. The van der Waals surface area contributed by atoms with E-state index in [1.54, 1.807) is 7.05 Å². The smallest absolute Gasteiger partial charge is 0.317 e. The van der Waals surface area contributed by atoms with Gasteiger partial charge in [-0.25, -0.2) is 9.78 Å². The zero-order valence-electron chi connectivity index (χ0n) is 13.5. The third-order valence-electron chi connectivity index (χ3n) is 3.69. The monoisotopic (exact) mass is 318 g/mol. The van der Waals surface area contributed by atoms with E-state index < -0.39 is 5.97 Å². The number of aryl methyl sites for hydroxylation is 2. The molecule has 0 fully saturated rings. The second-order valence-electron chi connectivity index (χ2n) is 5.45. The lowest BCUT2D eigenvalue weighted by Gasteiger charge is -2.17. The zero-order valence-corrected chi connectivity index (χ0v) is 13.5. The maximum atomic E-state index is 11.8. The molecule has 1 heterocycles. The molecule has 0 bridgehead atoms. The Morgan fingerprint density at radius 2 is 2.09 bits per heavy atom. The maximum Gasteiger partial charge on any atom is 0.317 e. The number of rotatable bonds is 7. The summed E-state index contributed by atoms with van der Waals surface area (Å²) >= 11 is 0. The number of carboxylic acid groups (broad SMARTS) is 1. The van der Waals surface area contributed by atoms with Gasteiger partial charge < -0.3 is 19.9 Å². The molecular formula is C16H22N4O3. The van der Waals surface area contributed by atoms with Crippen molar-refractivity contribution < 1.29 is 14.7 Å². The Balaban J connectivity index is 1.79. The molecule has 0 spiro atoms. The number of imidazole rings is 1. The first-order valence-electron chi connectivity index (χ1n) is 7.61. The summed E-state index contributed by atoms with van der Waals surface area (Å²) < 4.78 is 2.13. The van der Waals surface area contributed by atoms with Crippen molar-refractivity contribution in [2.45, 2.75) is 26.3 Å². The van der Waals surface area contributed by atoms with Crippen molar-refractivity contribution in [3.63, 3.8) is 0 Å². The van der Waals surface area contributed by atoms with Gasteiger partial charge in [-0.05, 0) is 25.5 Å². The van der Waals surface area contributed by atoms with E-state index in [0.717, 1.165) is 29.8 Å². The molecule has 2 amide bonds. The largest absolute Gasteiger partial charge is 0.481 e. The van der Waals surface area contributed by atoms with Crippen molar-refractivity contribution in [1.82, 2.24) is 19.8 Å². The number of carboxylic acids is 1. The van der Waals surface area contributed by atoms with Crippen LogP contribution in [0.3, 0.4) is 0 Å².